The predicted molar refractivity (Wildman–Crippen MR) is 66.7 cm³/mol. The zero-order valence-corrected chi connectivity index (χ0v) is 9.76. The smallest absolute Gasteiger partial charge is 0.226 e. The van der Waals surface area contributed by atoms with Crippen molar-refractivity contribution in [2.45, 2.75) is 19.9 Å². The normalized spacial score (nSPS) is 10.2. The largest absolute Gasteiger partial charge is 0.326 e. The fraction of sp³-hybridized carbons (Fsp3) is 0.231. The number of hydrogen-bond acceptors (Lipinski definition) is 2. The fourth-order valence-electron chi connectivity index (χ4n) is 1.55. The molecule has 88 valence electrons. The van der Waals surface area contributed by atoms with Gasteiger partial charge in [0.25, 0.3) is 0 Å². The molecule has 2 aromatic rings. The highest BCUT2D eigenvalue weighted by Gasteiger charge is 2.02. The van der Waals surface area contributed by atoms with Crippen molar-refractivity contribution in [3.8, 4) is 0 Å². The van der Waals surface area contributed by atoms with Crippen LogP contribution in [0.3, 0.4) is 0 Å². The van der Waals surface area contributed by atoms with Crippen molar-refractivity contribution in [3.05, 3.63) is 48.3 Å². The lowest BCUT2D eigenvalue weighted by atomic mass is 10.3. The van der Waals surface area contributed by atoms with E-state index in [9.17, 15) is 4.79 Å². The third-order valence-corrected chi connectivity index (χ3v) is 2.40. The van der Waals surface area contributed by atoms with Gasteiger partial charge in [-0.05, 0) is 25.1 Å². The lowest BCUT2D eigenvalue weighted by Gasteiger charge is -2.04. The molecule has 0 aliphatic rings. The number of hydrogen-bond donors (Lipinski definition) is 1. The molecule has 17 heavy (non-hydrogen) atoms. The SMILES string of the molecule is Cc1ccn(CCC(=O)Nc2ccccc2)n1. The van der Waals surface area contributed by atoms with Gasteiger partial charge in [0.15, 0.2) is 0 Å². The van der Waals surface area contributed by atoms with Crippen LogP contribution in [0.15, 0.2) is 42.6 Å². The maximum absolute atomic E-state index is 11.6. The number of nitrogens with one attached hydrogen (secondary N) is 1. The van der Waals surface area contributed by atoms with Crippen LogP contribution in [0.5, 0.6) is 0 Å². The lowest BCUT2D eigenvalue weighted by molar-refractivity contribution is -0.116. The average Bonchev–Trinajstić information content (AvgIpc) is 2.74. The Hall–Kier alpha value is -2.10. The van der Waals surface area contributed by atoms with Gasteiger partial charge in [-0.25, -0.2) is 0 Å². The maximum atomic E-state index is 11.6. The molecule has 0 atom stereocenters. The van der Waals surface area contributed by atoms with Crippen molar-refractivity contribution in [2.75, 3.05) is 5.32 Å². The summed E-state index contributed by atoms with van der Waals surface area (Å²) in [5.74, 6) is 0.00403. The highest BCUT2D eigenvalue weighted by Crippen LogP contribution is 2.05. The van der Waals surface area contributed by atoms with Crippen LogP contribution in [0.4, 0.5) is 5.69 Å². The number of carbonyl (C=O) groups excluding carboxylic acids is 1. The van der Waals surface area contributed by atoms with E-state index in [2.05, 4.69) is 10.4 Å². The van der Waals surface area contributed by atoms with E-state index < -0.39 is 0 Å². The van der Waals surface area contributed by atoms with Gasteiger partial charge in [-0.3, -0.25) is 9.48 Å². The van der Waals surface area contributed by atoms with Gasteiger partial charge in [-0.1, -0.05) is 18.2 Å². The van der Waals surface area contributed by atoms with Crippen LogP contribution in [0, 0.1) is 6.92 Å². The monoisotopic (exact) mass is 229 g/mol. The summed E-state index contributed by atoms with van der Waals surface area (Å²) in [6, 6.07) is 11.4. The minimum absolute atomic E-state index is 0.00403. The molecule has 4 heteroatoms. The zero-order chi connectivity index (χ0) is 12.1. The van der Waals surface area contributed by atoms with E-state index in [-0.39, 0.29) is 5.91 Å². The minimum atomic E-state index is 0.00403. The van der Waals surface area contributed by atoms with Crippen LogP contribution in [-0.2, 0) is 11.3 Å². The molecule has 1 aromatic carbocycles. The number of para-hydroxylation sites is 1. The summed E-state index contributed by atoms with van der Waals surface area (Å²) in [5.41, 5.74) is 1.79. The van der Waals surface area contributed by atoms with Crippen molar-refractivity contribution in [3.63, 3.8) is 0 Å². The quantitative estimate of drug-likeness (QED) is 0.873. The Bertz CT molecular complexity index is 490. The van der Waals surface area contributed by atoms with Crippen LogP contribution in [0.1, 0.15) is 12.1 Å². The van der Waals surface area contributed by atoms with Gasteiger partial charge < -0.3 is 5.32 Å². The summed E-state index contributed by atoms with van der Waals surface area (Å²) in [5, 5.41) is 7.07. The van der Waals surface area contributed by atoms with Crippen LogP contribution < -0.4 is 5.32 Å². The lowest BCUT2D eigenvalue weighted by Crippen LogP contribution is -2.14. The van der Waals surface area contributed by atoms with E-state index in [0.717, 1.165) is 11.4 Å². The summed E-state index contributed by atoms with van der Waals surface area (Å²) in [6.07, 6.45) is 2.31. The van der Waals surface area contributed by atoms with Gasteiger partial charge >= 0.3 is 0 Å². The maximum Gasteiger partial charge on any atom is 0.226 e. The molecular weight excluding hydrogens is 214 g/mol. The highest BCUT2D eigenvalue weighted by molar-refractivity contribution is 5.90. The van der Waals surface area contributed by atoms with Gasteiger partial charge in [0, 0.05) is 24.8 Å². The Balaban J connectivity index is 1.82. The molecule has 0 saturated heterocycles. The molecule has 1 aromatic heterocycles. The number of carbonyl (C=O) groups is 1. The molecule has 4 nitrogen and oxygen atoms in total. The van der Waals surface area contributed by atoms with Crippen molar-refractivity contribution < 1.29 is 4.79 Å². The Labute approximate surface area is 100 Å². The summed E-state index contributed by atoms with van der Waals surface area (Å²) in [6.45, 7) is 2.53. The molecule has 0 unspecified atom stereocenters. The molecule has 1 N–H and O–H groups in total. The third kappa shape index (κ3) is 3.45. The molecule has 0 bridgehead atoms. The number of anilines is 1. The molecule has 1 heterocycles. The Morgan fingerprint density at radius 1 is 1.29 bits per heavy atom. The van der Waals surface area contributed by atoms with E-state index >= 15 is 0 Å². The van der Waals surface area contributed by atoms with Gasteiger partial charge in [-0.15, -0.1) is 0 Å². The number of aromatic nitrogens is 2. The standard InChI is InChI=1S/C13H15N3O/c1-11-7-9-16(15-11)10-8-13(17)14-12-5-3-2-4-6-12/h2-7,9H,8,10H2,1H3,(H,14,17). The number of amides is 1. The molecule has 1 amide bonds. The fourth-order valence-corrected chi connectivity index (χ4v) is 1.55. The number of aryl methyl sites for hydroxylation is 2. The first kappa shape index (κ1) is 11.4. The second-order valence-electron chi connectivity index (χ2n) is 3.88. The molecule has 2 rings (SSSR count). The van der Waals surface area contributed by atoms with Crippen molar-refractivity contribution in [1.29, 1.82) is 0 Å². The summed E-state index contributed by atoms with van der Waals surface area (Å²) in [4.78, 5) is 11.6. The minimum Gasteiger partial charge on any atom is -0.326 e. The first-order valence-electron chi connectivity index (χ1n) is 5.59. The van der Waals surface area contributed by atoms with Crippen molar-refractivity contribution >= 4 is 11.6 Å². The van der Waals surface area contributed by atoms with Crippen LogP contribution in [0.25, 0.3) is 0 Å². The van der Waals surface area contributed by atoms with E-state index in [1.807, 2.05) is 49.5 Å². The van der Waals surface area contributed by atoms with Gasteiger partial charge in [0.05, 0.1) is 5.69 Å². The average molecular weight is 229 g/mol. The van der Waals surface area contributed by atoms with Crippen molar-refractivity contribution in [2.24, 2.45) is 0 Å². The van der Waals surface area contributed by atoms with Gasteiger partial charge in [0.1, 0.15) is 0 Å². The van der Waals surface area contributed by atoms with E-state index in [4.69, 9.17) is 0 Å². The first-order chi connectivity index (χ1) is 8.24. The third-order valence-electron chi connectivity index (χ3n) is 2.40. The van der Waals surface area contributed by atoms with Crippen LogP contribution in [0.2, 0.25) is 0 Å². The first-order valence-corrected chi connectivity index (χ1v) is 5.59. The molecular formula is C13H15N3O. The molecule has 0 aliphatic heterocycles. The van der Waals surface area contributed by atoms with Crippen molar-refractivity contribution in [1.82, 2.24) is 9.78 Å². The second kappa shape index (κ2) is 5.30. The van der Waals surface area contributed by atoms with E-state index in [1.54, 1.807) is 4.68 Å². The highest BCUT2D eigenvalue weighted by atomic mass is 16.1. The topological polar surface area (TPSA) is 46.9 Å². The Morgan fingerprint density at radius 3 is 2.71 bits per heavy atom. The molecule has 0 spiro atoms. The Kier molecular flexibility index (Phi) is 3.55. The summed E-state index contributed by atoms with van der Waals surface area (Å²) >= 11 is 0. The predicted octanol–water partition coefficient (Wildman–Crippen LogP) is 2.22. The number of rotatable bonds is 4. The zero-order valence-electron chi connectivity index (χ0n) is 9.76. The Morgan fingerprint density at radius 2 is 2.06 bits per heavy atom. The van der Waals surface area contributed by atoms with Crippen LogP contribution >= 0.6 is 0 Å². The number of benzene rings is 1. The summed E-state index contributed by atoms with van der Waals surface area (Å²) in [7, 11) is 0. The molecule has 0 fully saturated rings. The van der Waals surface area contributed by atoms with Gasteiger partial charge in [0.2, 0.25) is 5.91 Å². The molecule has 0 aliphatic carbocycles. The number of nitrogens with zero attached hydrogens (tertiary/aromatic N) is 2. The van der Waals surface area contributed by atoms with Crippen LogP contribution in [-0.4, -0.2) is 15.7 Å². The van der Waals surface area contributed by atoms with E-state index in [0.29, 0.717) is 13.0 Å². The summed E-state index contributed by atoms with van der Waals surface area (Å²) < 4.78 is 1.78. The van der Waals surface area contributed by atoms with Gasteiger partial charge in [-0.2, -0.15) is 5.10 Å². The molecule has 0 radical (unpaired) electrons. The van der Waals surface area contributed by atoms with E-state index in [1.165, 1.54) is 0 Å². The molecule has 0 saturated carbocycles. The second-order valence-corrected chi connectivity index (χ2v) is 3.88.